The molecule has 7 heteroatoms. The molecule has 0 aliphatic heterocycles. The lowest BCUT2D eigenvalue weighted by Crippen LogP contribution is -2.44. The highest BCUT2D eigenvalue weighted by atomic mass is 16.2. The Kier molecular flexibility index (Phi) is 6.30. The van der Waals surface area contributed by atoms with Crippen LogP contribution in [0.2, 0.25) is 0 Å². The third-order valence-electron chi connectivity index (χ3n) is 4.02. The van der Waals surface area contributed by atoms with Crippen LogP contribution in [0.4, 0.5) is 0 Å². The number of carbonyl (C=O) groups is 2. The van der Waals surface area contributed by atoms with E-state index in [1.54, 1.807) is 48.4 Å². The van der Waals surface area contributed by atoms with Gasteiger partial charge in [0.15, 0.2) is 5.82 Å². The number of nitrogens with zero attached hydrogens (tertiary/aromatic N) is 3. The summed E-state index contributed by atoms with van der Waals surface area (Å²) in [7, 11) is 0. The molecule has 0 spiro atoms. The molecule has 0 bridgehead atoms. The Hall–Kier alpha value is -3.74. The van der Waals surface area contributed by atoms with Crippen LogP contribution >= 0.6 is 0 Å². The van der Waals surface area contributed by atoms with Gasteiger partial charge in [-0.15, -0.1) is 0 Å². The van der Waals surface area contributed by atoms with Crippen molar-refractivity contribution < 1.29 is 9.59 Å². The highest BCUT2D eigenvalue weighted by molar-refractivity contribution is 5.95. The average Bonchev–Trinajstić information content (AvgIpc) is 3.26. The van der Waals surface area contributed by atoms with E-state index >= 15 is 0 Å². The van der Waals surface area contributed by atoms with E-state index in [0.717, 1.165) is 11.1 Å². The Morgan fingerprint density at radius 2 is 1.93 bits per heavy atom. The molecular formula is C21H21N5O2. The fourth-order valence-electron chi connectivity index (χ4n) is 2.57. The monoisotopic (exact) mass is 375 g/mol. The van der Waals surface area contributed by atoms with Crippen LogP contribution in [0, 0.1) is 0 Å². The number of aromatic nitrogens is 3. The average molecular weight is 375 g/mol. The van der Waals surface area contributed by atoms with E-state index in [4.69, 9.17) is 0 Å². The second-order valence-corrected chi connectivity index (χ2v) is 6.13. The zero-order valence-corrected chi connectivity index (χ0v) is 15.4. The van der Waals surface area contributed by atoms with E-state index in [9.17, 15) is 9.59 Å². The van der Waals surface area contributed by atoms with Crippen LogP contribution in [0.3, 0.4) is 0 Å². The van der Waals surface area contributed by atoms with Gasteiger partial charge in [0.05, 0.1) is 0 Å². The smallest absolute Gasteiger partial charge is 0.244 e. The van der Waals surface area contributed by atoms with Crippen molar-refractivity contribution in [3.8, 4) is 5.82 Å². The summed E-state index contributed by atoms with van der Waals surface area (Å²) in [6.45, 7) is 1.92. The van der Waals surface area contributed by atoms with Crippen LogP contribution in [0.15, 0.2) is 73.2 Å². The number of pyridine rings is 1. The quantitative estimate of drug-likeness (QED) is 0.619. The van der Waals surface area contributed by atoms with Gasteiger partial charge in [-0.1, -0.05) is 36.4 Å². The van der Waals surface area contributed by atoms with Gasteiger partial charge in [-0.2, -0.15) is 5.10 Å². The minimum atomic E-state index is -0.669. The van der Waals surface area contributed by atoms with E-state index in [-0.39, 0.29) is 18.4 Å². The first-order valence-electron chi connectivity index (χ1n) is 8.89. The maximum absolute atomic E-state index is 12.3. The number of hydrogen-bond acceptors (Lipinski definition) is 4. The lowest BCUT2D eigenvalue weighted by molar-refractivity contribution is -0.126. The van der Waals surface area contributed by atoms with Crippen LogP contribution in [0.25, 0.3) is 11.9 Å². The number of rotatable bonds is 7. The van der Waals surface area contributed by atoms with Crippen molar-refractivity contribution >= 4 is 17.9 Å². The van der Waals surface area contributed by atoms with Crippen molar-refractivity contribution in [1.82, 2.24) is 25.4 Å². The Morgan fingerprint density at radius 3 is 2.68 bits per heavy atom. The van der Waals surface area contributed by atoms with Crippen molar-refractivity contribution in [3.05, 3.63) is 84.3 Å². The highest BCUT2D eigenvalue weighted by Gasteiger charge is 2.15. The molecule has 1 aromatic carbocycles. The molecule has 3 rings (SSSR count). The standard InChI is InChI=1S/C21H21N5O2/c1-16(25-19(27)11-10-17-7-3-2-4-8-17)21(28)23-15-18-9-5-12-22-20(18)26-14-6-13-24-26/h2-14,16H,15H2,1H3,(H,23,28)(H,25,27)/b11-10+. The summed E-state index contributed by atoms with van der Waals surface area (Å²) in [5.41, 5.74) is 1.74. The van der Waals surface area contributed by atoms with E-state index in [1.165, 1.54) is 6.08 Å². The van der Waals surface area contributed by atoms with Gasteiger partial charge in [-0.05, 0) is 30.7 Å². The van der Waals surface area contributed by atoms with E-state index in [0.29, 0.717) is 5.82 Å². The van der Waals surface area contributed by atoms with Gasteiger partial charge in [-0.25, -0.2) is 9.67 Å². The Bertz CT molecular complexity index is 952. The first-order chi connectivity index (χ1) is 13.6. The summed E-state index contributed by atoms with van der Waals surface area (Å²) in [5, 5.41) is 9.65. The zero-order chi connectivity index (χ0) is 19.8. The molecule has 0 saturated carbocycles. The van der Waals surface area contributed by atoms with Crippen LogP contribution in [-0.4, -0.2) is 32.6 Å². The van der Waals surface area contributed by atoms with Gasteiger partial charge >= 0.3 is 0 Å². The van der Waals surface area contributed by atoms with Gasteiger partial charge in [0.1, 0.15) is 6.04 Å². The maximum atomic E-state index is 12.3. The predicted molar refractivity (Wildman–Crippen MR) is 106 cm³/mol. The molecule has 0 aliphatic rings. The molecule has 0 fully saturated rings. The Morgan fingerprint density at radius 1 is 1.11 bits per heavy atom. The number of benzene rings is 1. The van der Waals surface area contributed by atoms with E-state index < -0.39 is 6.04 Å². The molecule has 7 nitrogen and oxygen atoms in total. The third kappa shape index (κ3) is 5.14. The largest absolute Gasteiger partial charge is 0.350 e. The number of nitrogens with one attached hydrogen (secondary N) is 2. The molecule has 2 N–H and O–H groups in total. The SMILES string of the molecule is CC(NC(=O)/C=C/c1ccccc1)C(=O)NCc1cccnc1-n1cccn1. The number of hydrogen-bond donors (Lipinski definition) is 2. The van der Waals surface area contributed by atoms with Crippen molar-refractivity contribution in [2.45, 2.75) is 19.5 Å². The molecule has 0 saturated heterocycles. The molecule has 3 aromatic rings. The van der Waals surface area contributed by atoms with Crippen molar-refractivity contribution in [1.29, 1.82) is 0 Å². The molecule has 2 aromatic heterocycles. The fraction of sp³-hybridized carbons (Fsp3) is 0.143. The van der Waals surface area contributed by atoms with Gasteiger partial charge in [0, 0.05) is 36.8 Å². The van der Waals surface area contributed by atoms with Crippen molar-refractivity contribution in [2.75, 3.05) is 0 Å². The summed E-state index contributed by atoms with van der Waals surface area (Å²) in [6, 6.07) is 14.3. The van der Waals surface area contributed by atoms with Crippen LogP contribution < -0.4 is 10.6 Å². The van der Waals surface area contributed by atoms with Gasteiger partial charge in [0.2, 0.25) is 11.8 Å². The molecule has 2 amide bonds. The highest BCUT2D eigenvalue weighted by Crippen LogP contribution is 2.09. The topological polar surface area (TPSA) is 88.9 Å². The first-order valence-corrected chi connectivity index (χ1v) is 8.89. The fourth-order valence-corrected chi connectivity index (χ4v) is 2.57. The maximum Gasteiger partial charge on any atom is 0.244 e. The van der Waals surface area contributed by atoms with Crippen molar-refractivity contribution in [2.24, 2.45) is 0 Å². The third-order valence-corrected chi connectivity index (χ3v) is 4.02. The summed E-state index contributed by atoms with van der Waals surface area (Å²) in [4.78, 5) is 28.7. The lowest BCUT2D eigenvalue weighted by Gasteiger charge is -2.14. The molecule has 142 valence electrons. The minimum absolute atomic E-state index is 0.280. The van der Waals surface area contributed by atoms with Crippen LogP contribution in [0.1, 0.15) is 18.1 Å². The number of carbonyl (C=O) groups excluding carboxylic acids is 2. The molecule has 2 heterocycles. The Balaban J connectivity index is 1.54. The summed E-state index contributed by atoms with van der Waals surface area (Å²) < 4.78 is 1.64. The van der Waals surface area contributed by atoms with E-state index in [2.05, 4.69) is 20.7 Å². The van der Waals surface area contributed by atoms with Crippen LogP contribution in [0.5, 0.6) is 0 Å². The van der Waals surface area contributed by atoms with E-state index in [1.807, 2.05) is 36.4 Å². The molecular weight excluding hydrogens is 354 g/mol. The van der Waals surface area contributed by atoms with Gasteiger partial charge in [-0.3, -0.25) is 9.59 Å². The summed E-state index contributed by atoms with van der Waals surface area (Å²) in [5.74, 6) is 0.0390. The second-order valence-electron chi connectivity index (χ2n) is 6.13. The first kappa shape index (κ1) is 19.0. The summed E-state index contributed by atoms with van der Waals surface area (Å²) in [6.07, 6.45) is 8.24. The minimum Gasteiger partial charge on any atom is -0.350 e. The lowest BCUT2D eigenvalue weighted by atomic mass is 10.2. The van der Waals surface area contributed by atoms with Crippen molar-refractivity contribution in [3.63, 3.8) is 0 Å². The Labute approximate surface area is 163 Å². The number of amides is 2. The molecule has 1 unspecified atom stereocenters. The normalized spacial score (nSPS) is 11.9. The van der Waals surface area contributed by atoms with Gasteiger partial charge < -0.3 is 10.6 Å². The van der Waals surface area contributed by atoms with Gasteiger partial charge in [0.25, 0.3) is 0 Å². The summed E-state index contributed by atoms with van der Waals surface area (Å²) >= 11 is 0. The second kappa shape index (κ2) is 9.27. The molecule has 1 atom stereocenters. The molecule has 28 heavy (non-hydrogen) atoms. The molecule has 0 aliphatic carbocycles. The van der Waals surface area contributed by atoms with Crippen LogP contribution in [-0.2, 0) is 16.1 Å². The zero-order valence-electron chi connectivity index (χ0n) is 15.4. The predicted octanol–water partition coefficient (Wildman–Crippen LogP) is 2.10. The molecule has 0 radical (unpaired) electrons.